The molecule has 6 unspecified atom stereocenters. The number of aromatic nitrogens is 4. The molecule has 1 aromatic carbocycles. The van der Waals surface area contributed by atoms with Crippen molar-refractivity contribution in [3.8, 4) is 27.2 Å². The summed E-state index contributed by atoms with van der Waals surface area (Å²) in [6, 6.07) is 6.41. The Hall–Kier alpha value is -2.59. The summed E-state index contributed by atoms with van der Waals surface area (Å²) in [5.41, 5.74) is 0.439. The quantitative estimate of drug-likeness (QED) is 0.661. The fourth-order valence-electron chi connectivity index (χ4n) is 4.90. The summed E-state index contributed by atoms with van der Waals surface area (Å²) in [4.78, 5) is 0. The van der Waals surface area contributed by atoms with Gasteiger partial charge in [0.25, 0.3) is 5.19 Å². The van der Waals surface area contributed by atoms with Gasteiger partial charge in [-0.25, -0.2) is 13.5 Å². The number of piperidine rings is 2. The third-order valence-corrected chi connectivity index (χ3v) is 7.26. The van der Waals surface area contributed by atoms with E-state index in [-0.39, 0.29) is 17.9 Å². The van der Waals surface area contributed by atoms with E-state index in [0.29, 0.717) is 28.6 Å². The molecule has 7 nitrogen and oxygen atoms in total. The second kappa shape index (κ2) is 6.21. The van der Waals surface area contributed by atoms with Gasteiger partial charge in [-0.15, -0.1) is 5.10 Å². The van der Waals surface area contributed by atoms with Crippen molar-refractivity contribution in [2.75, 3.05) is 0 Å². The first-order valence-electron chi connectivity index (χ1n) is 9.88. The molecule has 2 bridgehead atoms. The summed E-state index contributed by atoms with van der Waals surface area (Å²) in [5, 5.41) is 27.1. The zero-order valence-electron chi connectivity index (χ0n) is 16.0. The number of hydrogen-bond donors (Lipinski definition) is 2. The molecule has 0 spiro atoms. The maximum absolute atomic E-state index is 14.6. The van der Waals surface area contributed by atoms with Crippen molar-refractivity contribution < 1.29 is 18.6 Å². The predicted octanol–water partition coefficient (Wildman–Crippen LogP) is 2.96. The molecule has 3 aliphatic rings. The molecular weight excluding hydrogens is 412 g/mol. The lowest BCUT2D eigenvalue weighted by Gasteiger charge is -2.32. The van der Waals surface area contributed by atoms with Gasteiger partial charge in [-0.3, -0.25) is 0 Å². The van der Waals surface area contributed by atoms with Crippen LogP contribution in [0.25, 0.3) is 16.3 Å². The molecule has 0 radical (unpaired) electrons. The first kappa shape index (κ1) is 18.2. The number of hydrogen-bond acceptors (Lipinski definition) is 7. The first-order chi connectivity index (χ1) is 14.4. The van der Waals surface area contributed by atoms with Crippen molar-refractivity contribution in [2.24, 2.45) is 5.92 Å². The number of phenols is 1. The van der Waals surface area contributed by atoms with Gasteiger partial charge in [-0.05, 0) is 25.1 Å². The lowest BCUT2D eigenvalue weighted by molar-refractivity contribution is 0.0915. The van der Waals surface area contributed by atoms with Crippen LogP contribution >= 0.6 is 11.3 Å². The minimum absolute atomic E-state index is 0.0664. The predicted molar refractivity (Wildman–Crippen MR) is 105 cm³/mol. The van der Waals surface area contributed by atoms with E-state index in [9.17, 15) is 13.9 Å². The molecule has 2 saturated heterocycles. The van der Waals surface area contributed by atoms with Crippen molar-refractivity contribution >= 4 is 11.3 Å². The number of nitrogens with one attached hydrogen (secondary N) is 1. The van der Waals surface area contributed by atoms with Crippen LogP contribution in [0.4, 0.5) is 8.78 Å². The van der Waals surface area contributed by atoms with Gasteiger partial charge in [0, 0.05) is 43.1 Å². The number of nitrogens with zero attached hydrogens (tertiary/aromatic N) is 4. The van der Waals surface area contributed by atoms with Crippen LogP contribution in [0.15, 0.2) is 30.5 Å². The van der Waals surface area contributed by atoms with Gasteiger partial charge >= 0.3 is 0 Å². The van der Waals surface area contributed by atoms with Gasteiger partial charge in [0.15, 0.2) is 10.7 Å². The number of benzene rings is 1. The summed E-state index contributed by atoms with van der Waals surface area (Å²) in [6.07, 6.45) is 1.20. The van der Waals surface area contributed by atoms with Crippen molar-refractivity contribution in [2.45, 2.75) is 49.8 Å². The number of halogens is 2. The molecular formula is C20H19F2N5O2S. The number of phenolic OH excluding ortho intramolecular Hbond substituents is 1. The zero-order chi connectivity index (χ0) is 20.6. The van der Waals surface area contributed by atoms with E-state index in [4.69, 9.17) is 4.74 Å². The van der Waals surface area contributed by atoms with Crippen molar-refractivity contribution in [1.82, 2.24) is 25.3 Å². The topological polar surface area (TPSA) is 85.1 Å². The SMILES string of the molecule is Cc1ccn(-c2ccc(-c3nnc(OC4CC5NC(C4)C4(F)C(F)C54)s3)c(O)c2)n1. The van der Waals surface area contributed by atoms with Gasteiger partial charge in [0.05, 0.1) is 16.9 Å². The van der Waals surface area contributed by atoms with Crippen LogP contribution in [0, 0.1) is 12.8 Å². The van der Waals surface area contributed by atoms with E-state index in [0.717, 1.165) is 11.4 Å². The molecule has 3 aromatic rings. The molecule has 1 saturated carbocycles. The number of rotatable bonds is 4. The van der Waals surface area contributed by atoms with Gasteiger partial charge in [-0.1, -0.05) is 16.4 Å². The Morgan fingerprint density at radius 1 is 1.30 bits per heavy atom. The van der Waals surface area contributed by atoms with Crippen LogP contribution in [-0.4, -0.2) is 55.1 Å². The highest BCUT2D eigenvalue weighted by atomic mass is 32.1. The molecule has 156 valence electrons. The Bertz CT molecular complexity index is 1140. The van der Waals surface area contributed by atoms with Crippen LogP contribution in [0.1, 0.15) is 18.5 Å². The lowest BCUT2D eigenvalue weighted by Crippen LogP contribution is -2.49. The number of aromatic hydroxyl groups is 1. The molecule has 2 N–H and O–H groups in total. The number of aryl methyl sites for hydroxylation is 1. The molecule has 0 amide bonds. The molecule has 2 aliphatic heterocycles. The third-order valence-electron chi connectivity index (χ3n) is 6.41. The molecule has 4 heterocycles. The average molecular weight is 431 g/mol. The fraction of sp³-hybridized carbons (Fsp3) is 0.450. The van der Waals surface area contributed by atoms with Crippen LogP contribution in [0.2, 0.25) is 0 Å². The maximum Gasteiger partial charge on any atom is 0.294 e. The molecule has 3 fully saturated rings. The normalized spacial score (nSPS) is 34.0. The molecule has 30 heavy (non-hydrogen) atoms. The zero-order valence-corrected chi connectivity index (χ0v) is 16.8. The maximum atomic E-state index is 14.6. The highest BCUT2D eigenvalue weighted by molar-refractivity contribution is 7.16. The fourth-order valence-corrected chi connectivity index (χ4v) is 5.70. The Kier molecular flexibility index (Phi) is 3.77. The van der Waals surface area contributed by atoms with E-state index in [2.05, 4.69) is 20.6 Å². The van der Waals surface area contributed by atoms with E-state index >= 15 is 0 Å². The average Bonchev–Trinajstić information content (AvgIpc) is 3.14. The molecule has 6 rings (SSSR count). The molecule has 10 heteroatoms. The van der Waals surface area contributed by atoms with Gasteiger partial charge < -0.3 is 15.2 Å². The van der Waals surface area contributed by atoms with Crippen LogP contribution in [0.3, 0.4) is 0 Å². The van der Waals surface area contributed by atoms with Crippen molar-refractivity contribution in [3.05, 3.63) is 36.2 Å². The Morgan fingerprint density at radius 3 is 2.90 bits per heavy atom. The number of ether oxygens (including phenoxy) is 1. The third kappa shape index (κ3) is 2.59. The molecule has 6 atom stereocenters. The summed E-state index contributed by atoms with van der Waals surface area (Å²) in [6.45, 7) is 1.90. The number of fused-ring (bicyclic) bond motifs is 5. The van der Waals surface area contributed by atoms with Crippen LogP contribution < -0.4 is 10.1 Å². The summed E-state index contributed by atoms with van der Waals surface area (Å²) in [7, 11) is 0. The number of alkyl halides is 2. The van der Waals surface area contributed by atoms with Crippen molar-refractivity contribution in [1.29, 1.82) is 0 Å². The highest BCUT2D eigenvalue weighted by Crippen LogP contribution is 2.62. The standard InChI is InChI=1S/C20H19F2N5O2S/c1-9-4-5-27(26-9)10-2-3-12(14(28)6-10)18-24-25-19(30-18)29-11-7-13-16-17(21)20(16,22)15(8-11)23-13/h2-6,11,13,15-17,23,28H,7-8H2,1H3. The van der Waals surface area contributed by atoms with E-state index in [1.54, 1.807) is 16.8 Å². The van der Waals surface area contributed by atoms with Crippen molar-refractivity contribution in [3.63, 3.8) is 0 Å². The lowest BCUT2D eigenvalue weighted by atomic mass is 9.97. The monoisotopic (exact) mass is 431 g/mol. The summed E-state index contributed by atoms with van der Waals surface area (Å²) >= 11 is 1.22. The Morgan fingerprint density at radius 2 is 2.17 bits per heavy atom. The highest BCUT2D eigenvalue weighted by Gasteiger charge is 2.79. The molecule has 1 aliphatic carbocycles. The van der Waals surface area contributed by atoms with E-state index in [1.807, 2.05) is 25.3 Å². The minimum atomic E-state index is -1.73. The van der Waals surface area contributed by atoms with Gasteiger partial charge in [-0.2, -0.15) is 5.10 Å². The van der Waals surface area contributed by atoms with Crippen LogP contribution in [0.5, 0.6) is 10.9 Å². The van der Waals surface area contributed by atoms with E-state index < -0.39 is 23.8 Å². The smallest absolute Gasteiger partial charge is 0.294 e. The second-order valence-corrected chi connectivity index (χ2v) is 9.21. The van der Waals surface area contributed by atoms with Gasteiger partial charge in [0.2, 0.25) is 0 Å². The molecule has 2 aromatic heterocycles. The summed E-state index contributed by atoms with van der Waals surface area (Å²) in [5.74, 6) is -0.480. The Balaban J connectivity index is 1.18. The van der Waals surface area contributed by atoms with Gasteiger partial charge in [0.1, 0.15) is 18.0 Å². The second-order valence-electron chi connectivity index (χ2n) is 8.27. The minimum Gasteiger partial charge on any atom is -0.507 e. The summed E-state index contributed by atoms with van der Waals surface area (Å²) < 4.78 is 36.0. The van der Waals surface area contributed by atoms with E-state index in [1.165, 1.54) is 11.3 Å². The first-order valence-corrected chi connectivity index (χ1v) is 10.7. The largest absolute Gasteiger partial charge is 0.507 e. The Labute approximate surface area is 174 Å². The van der Waals surface area contributed by atoms with Crippen LogP contribution in [-0.2, 0) is 0 Å².